The van der Waals surface area contributed by atoms with E-state index in [1.54, 1.807) is 27.7 Å². The Labute approximate surface area is 171 Å². The molecule has 74 valence electrons. The Hall–Kier alpha value is 3.11. The van der Waals surface area contributed by atoms with Gasteiger partial charge < -0.3 is 20.3 Å². The first-order valence-corrected chi connectivity index (χ1v) is 3.95. The molecule has 0 saturated carbocycles. The average molecular weight is 254 g/mol. The Kier molecular flexibility index (Phi) is 16.1. The standard InChI is InChI=1S/C8H18O4.2K/c1-7(2,11-9)5-6-8(3,4)12-10;;/h9-10H,5-6H2,1-4H3;;/q;2*+1/p-2. The third-order valence-electron chi connectivity index (χ3n) is 1.78. The predicted molar refractivity (Wildman–Crippen MR) is 39.6 cm³/mol. The maximum Gasteiger partial charge on any atom is 1.00 e. The van der Waals surface area contributed by atoms with Crippen LogP contribution in [0.25, 0.3) is 0 Å². The van der Waals surface area contributed by atoms with Crippen LogP contribution >= 0.6 is 0 Å². The molecule has 0 rings (SSSR count). The van der Waals surface area contributed by atoms with Gasteiger partial charge in [-0.25, -0.2) is 0 Å². The van der Waals surface area contributed by atoms with Crippen LogP contribution in [0.5, 0.6) is 0 Å². The Morgan fingerprint density at radius 2 is 1.00 bits per heavy atom. The second-order valence-corrected chi connectivity index (χ2v) is 4.19. The zero-order valence-electron chi connectivity index (χ0n) is 10.0. The Morgan fingerprint density at radius 1 is 0.786 bits per heavy atom. The summed E-state index contributed by atoms with van der Waals surface area (Å²) in [5, 5.41) is 20.3. The quantitative estimate of drug-likeness (QED) is 0.278. The van der Waals surface area contributed by atoms with Crippen LogP contribution in [0, 0.1) is 0 Å². The summed E-state index contributed by atoms with van der Waals surface area (Å²) in [5.41, 5.74) is -1.45. The van der Waals surface area contributed by atoms with Gasteiger partial charge in [0, 0.05) is 0 Å². The van der Waals surface area contributed by atoms with E-state index in [1.807, 2.05) is 0 Å². The maximum atomic E-state index is 10.1. The van der Waals surface area contributed by atoms with Crippen LogP contribution in [0.15, 0.2) is 0 Å². The molecule has 0 saturated heterocycles. The van der Waals surface area contributed by atoms with Gasteiger partial charge in [0.15, 0.2) is 0 Å². The fourth-order valence-electron chi connectivity index (χ4n) is 0.685. The molecule has 0 aromatic heterocycles. The van der Waals surface area contributed by atoms with E-state index in [0.717, 1.165) is 0 Å². The molecule has 6 heteroatoms. The molecule has 0 N–H and O–H groups in total. The minimum Gasteiger partial charge on any atom is -0.723 e. The molecule has 0 amide bonds. The molecule has 0 aliphatic heterocycles. The topological polar surface area (TPSA) is 64.6 Å². The molecule has 14 heavy (non-hydrogen) atoms. The second kappa shape index (κ2) is 10.1. The molecular formula is C8H16K2O4. The van der Waals surface area contributed by atoms with E-state index < -0.39 is 11.2 Å². The van der Waals surface area contributed by atoms with Gasteiger partial charge in [0.25, 0.3) is 0 Å². The van der Waals surface area contributed by atoms with Crippen LogP contribution in [0.4, 0.5) is 0 Å². The Balaban J connectivity index is -0.000000605. The van der Waals surface area contributed by atoms with Crippen molar-refractivity contribution < 1.29 is 123 Å². The molecule has 0 bridgehead atoms. The summed E-state index contributed by atoms with van der Waals surface area (Å²) >= 11 is 0. The number of rotatable bonds is 5. The molecule has 0 aromatic rings. The van der Waals surface area contributed by atoms with E-state index in [4.69, 9.17) is 0 Å². The van der Waals surface area contributed by atoms with Crippen molar-refractivity contribution in [2.45, 2.75) is 51.7 Å². The molecule has 0 spiro atoms. The molecule has 0 fully saturated rings. The largest absolute Gasteiger partial charge is 1.00 e. The SMILES string of the molecule is CC(C)(CCC(C)(C)O[O-])O[O-].[K+].[K+]. The number of hydrogen-bond donors (Lipinski definition) is 0. The van der Waals surface area contributed by atoms with Gasteiger partial charge in [-0.1, -0.05) is 0 Å². The van der Waals surface area contributed by atoms with E-state index in [9.17, 15) is 10.5 Å². The zero-order chi connectivity index (χ0) is 9.83. The van der Waals surface area contributed by atoms with Crippen LogP contribution in [-0.4, -0.2) is 11.2 Å². The molecule has 0 atom stereocenters. The van der Waals surface area contributed by atoms with E-state index in [2.05, 4.69) is 9.78 Å². The van der Waals surface area contributed by atoms with E-state index >= 15 is 0 Å². The van der Waals surface area contributed by atoms with E-state index in [-0.39, 0.29) is 103 Å². The Bertz CT molecular complexity index is 123. The molecule has 0 heterocycles. The smallest absolute Gasteiger partial charge is 0.723 e. The summed E-state index contributed by atoms with van der Waals surface area (Å²) in [6.45, 7) is 6.73. The molecule has 0 aliphatic rings. The maximum absolute atomic E-state index is 10.1. The van der Waals surface area contributed by atoms with Crippen molar-refractivity contribution >= 4 is 0 Å². The van der Waals surface area contributed by atoms with Crippen LogP contribution in [0.3, 0.4) is 0 Å². The fraction of sp³-hybridized carbons (Fsp3) is 1.00. The van der Waals surface area contributed by atoms with Gasteiger partial charge in [0.2, 0.25) is 0 Å². The van der Waals surface area contributed by atoms with Crippen LogP contribution in [0.1, 0.15) is 40.5 Å². The normalized spacial score (nSPS) is 11.6. The van der Waals surface area contributed by atoms with Crippen molar-refractivity contribution in [1.29, 1.82) is 0 Å². The first-order valence-electron chi connectivity index (χ1n) is 3.95. The Morgan fingerprint density at radius 3 is 1.14 bits per heavy atom. The fourth-order valence-corrected chi connectivity index (χ4v) is 0.685. The summed E-state index contributed by atoms with van der Waals surface area (Å²) < 4.78 is 0. The van der Waals surface area contributed by atoms with Gasteiger partial charge in [-0.15, -0.1) is 0 Å². The summed E-state index contributed by atoms with van der Waals surface area (Å²) in [4.78, 5) is 7.94. The van der Waals surface area contributed by atoms with Gasteiger partial charge in [-0.2, -0.15) is 0 Å². The monoisotopic (exact) mass is 254 g/mol. The van der Waals surface area contributed by atoms with Crippen molar-refractivity contribution in [1.82, 2.24) is 0 Å². The van der Waals surface area contributed by atoms with Crippen LogP contribution < -0.4 is 113 Å². The predicted octanol–water partition coefficient (Wildman–Crippen LogP) is -6.08. The van der Waals surface area contributed by atoms with Gasteiger partial charge in [0.05, 0.1) is 11.2 Å². The third-order valence-corrected chi connectivity index (χ3v) is 1.78. The summed E-state index contributed by atoms with van der Waals surface area (Å²) in [5.74, 6) is 0. The van der Waals surface area contributed by atoms with Crippen molar-refractivity contribution in [2.24, 2.45) is 0 Å². The van der Waals surface area contributed by atoms with E-state index in [1.165, 1.54) is 0 Å². The van der Waals surface area contributed by atoms with Crippen molar-refractivity contribution in [2.75, 3.05) is 0 Å². The van der Waals surface area contributed by atoms with Gasteiger partial charge in [-0.3, -0.25) is 0 Å². The first kappa shape index (κ1) is 22.3. The van der Waals surface area contributed by atoms with Crippen LogP contribution in [0.2, 0.25) is 0 Å². The molecule has 0 aliphatic carbocycles. The minimum absolute atomic E-state index is 0. The number of hydrogen-bond acceptors (Lipinski definition) is 4. The van der Waals surface area contributed by atoms with E-state index in [0.29, 0.717) is 12.8 Å². The molecule has 0 unspecified atom stereocenters. The summed E-state index contributed by atoms with van der Waals surface area (Å²) in [6.07, 6.45) is 1.01. The van der Waals surface area contributed by atoms with Gasteiger partial charge in [-0.05, 0) is 40.5 Å². The van der Waals surface area contributed by atoms with Gasteiger partial charge in [0.1, 0.15) is 0 Å². The van der Waals surface area contributed by atoms with Gasteiger partial charge >= 0.3 is 103 Å². The second-order valence-electron chi connectivity index (χ2n) is 4.19. The average Bonchev–Trinajstić information content (AvgIpc) is 2.02. The van der Waals surface area contributed by atoms with Crippen molar-refractivity contribution in [3.8, 4) is 0 Å². The summed E-state index contributed by atoms with van der Waals surface area (Å²) in [7, 11) is 0. The summed E-state index contributed by atoms with van der Waals surface area (Å²) in [6, 6.07) is 0. The van der Waals surface area contributed by atoms with Crippen molar-refractivity contribution in [3.63, 3.8) is 0 Å². The molecular weight excluding hydrogens is 238 g/mol. The molecule has 0 aromatic carbocycles. The third kappa shape index (κ3) is 11.6. The first-order chi connectivity index (χ1) is 5.33. The van der Waals surface area contributed by atoms with Crippen LogP contribution in [-0.2, 0) is 9.78 Å². The minimum atomic E-state index is -0.726. The molecule has 4 nitrogen and oxygen atoms in total. The zero-order valence-corrected chi connectivity index (χ0v) is 16.3. The molecule has 0 radical (unpaired) electrons. The van der Waals surface area contributed by atoms with Crippen molar-refractivity contribution in [3.05, 3.63) is 0 Å².